The van der Waals surface area contributed by atoms with Gasteiger partial charge in [0.15, 0.2) is 0 Å². The summed E-state index contributed by atoms with van der Waals surface area (Å²) in [6.45, 7) is 0.632. The summed E-state index contributed by atoms with van der Waals surface area (Å²) in [6.07, 6.45) is 3.64. The van der Waals surface area contributed by atoms with E-state index in [0.717, 1.165) is 5.56 Å². The van der Waals surface area contributed by atoms with Crippen molar-refractivity contribution in [3.8, 4) is 11.3 Å². The lowest BCUT2D eigenvalue weighted by molar-refractivity contribution is 0.0382. The van der Waals surface area contributed by atoms with Gasteiger partial charge < -0.3 is 10.0 Å². The van der Waals surface area contributed by atoms with Crippen LogP contribution in [0, 0.1) is 0 Å². The molecule has 1 unspecified atom stereocenters. The van der Waals surface area contributed by atoms with Crippen molar-refractivity contribution in [2.24, 2.45) is 7.05 Å². The third-order valence-corrected chi connectivity index (χ3v) is 4.53. The summed E-state index contributed by atoms with van der Waals surface area (Å²) in [7, 11) is 1.79. The number of nitrogens with one attached hydrogen (secondary N) is 1. The predicted molar refractivity (Wildman–Crippen MR) is 89.4 cm³/mol. The van der Waals surface area contributed by atoms with Crippen LogP contribution in [0.5, 0.6) is 0 Å². The van der Waals surface area contributed by atoms with Crippen molar-refractivity contribution in [2.75, 3.05) is 13.1 Å². The molecule has 1 amide bonds. The number of aliphatic hydroxyl groups is 1. The number of hydrogen-bond acceptors (Lipinski definition) is 5. The topological polar surface area (TPSA) is 99.9 Å². The first kappa shape index (κ1) is 15.5. The number of carbonyl (C=O) groups excluding carboxylic acids is 1. The fraction of sp³-hybridized carbons (Fsp3) is 0.294. The highest BCUT2D eigenvalue weighted by molar-refractivity contribution is 6.00. The molecule has 25 heavy (non-hydrogen) atoms. The average molecular weight is 338 g/mol. The number of β-amino-alcohol motifs (C(OH)–C–C–N with tert-alkyl or cyclic N) is 1. The van der Waals surface area contributed by atoms with Gasteiger partial charge in [-0.2, -0.15) is 20.5 Å². The first-order valence-corrected chi connectivity index (χ1v) is 8.04. The summed E-state index contributed by atoms with van der Waals surface area (Å²) in [5.74, 6) is -0.147. The number of aryl methyl sites for hydroxylation is 1. The molecule has 4 rings (SSSR count). The van der Waals surface area contributed by atoms with E-state index >= 15 is 0 Å². The van der Waals surface area contributed by atoms with Crippen LogP contribution in [0.25, 0.3) is 11.3 Å². The van der Waals surface area contributed by atoms with Gasteiger partial charge in [0.2, 0.25) is 0 Å². The zero-order valence-corrected chi connectivity index (χ0v) is 13.8. The van der Waals surface area contributed by atoms with E-state index in [9.17, 15) is 9.90 Å². The minimum absolute atomic E-state index is 0.147. The molecule has 1 aliphatic heterocycles. The van der Waals surface area contributed by atoms with E-state index in [2.05, 4.69) is 20.5 Å². The van der Waals surface area contributed by atoms with Gasteiger partial charge >= 0.3 is 0 Å². The number of amides is 1. The molecule has 8 heteroatoms. The molecule has 1 aliphatic rings. The number of carbonyl (C=O) groups is 1. The third kappa shape index (κ3) is 2.70. The molecule has 1 aromatic carbocycles. The Morgan fingerprint density at radius 2 is 2.12 bits per heavy atom. The van der Waals surface area contributed by atoms with Crippen LogP contribution in [0.3, 0.4) is 0 Å². The Labute approximate surface area is 144 Å². The van der Waals surface area contributed by atoms with Crippen LogP contribution in [-0.4, -0.2) is 54.2 Å². The number of nitrogens with zero attached hydrogens (tertiary/aromatic N) is 5. The van der Waals surface area contributed by atoms with E-state index in [0.29, 0.717) is 29.9 Å². The molecule has 0 aliphatic carbocycles. The highest BCUT2D eigenvalue weighted by atomic mass is 16.3. The fourth-order valence-corrected chi connectivity index (χ4v) is 3.23. The number of benzene rings is 1. The normalized spacial score (nSPS) is 20.2. The molecular weight excluding hydrogens is 320 g/mol. The summed E-state index contributed by atoms with van der Waals surface area (Å²) < 4.78 is 1.63. The van der Waals surface area contributed by atoms with Gasteiger partial charge in [0.1, 0.15) is 17.0 Å². The molecule has 0 saturated carbocycles. The van der Waals surface area contributed by atoms with Crippen molar-refractivity contribution in [2.45, 2.75) is 12.0 Å². The first-order valence-electron chi connectivity index (χ1n) is 8.04. The number of H-pyrrole nitrogens is 1. The van der Waals surface area contributed by atoms with Crippen LogP contribution in [0.1, 0.15) is 22.5 Å². The van der Waals surface area contributed by atoms with Gasteiger partial charge in [-0.1, -0.05) is 30.3 Å². The Kier molecular flexibility index (Phi) is 3.61. The second kappa shape index (κ2) is 5.82. The maximum atomic E-state index is 13.0. The van der Waals surface area contributed by atoms with Crippen molar-refractivity contribution in [1.82, 2.24) is 30.1 Å². The molecule has 0 spiro atoms. The van der Waals surface area contributed by atoms with E-state index in [4.69, 9.17) is 0 Å². The first-order chi connectivity index (χ1) is 12.1. The quantitative estimate of drug-likeness (QED) is 0.740. The molecule has 3 heterocycles. The Morgan fingerprint density at radius 3 is 2.84 bits per heavy atom. The lowest BCUT2D eigenvalue weighted by Crippen LogP contribution is -2.34. The Hall–Kier alpha value is -3.00. The second-order valence-corrected chi connectivity index (χ2v) is 6.29. The highest BCUT2D eigenvalue weighted by Gasteiger charge is 2.42. The molecular formula is C17H18N6O2. The van der Waals surface area contributed by atoms with E-state index in [1.165, 1.54) is 6.20 Å². The third-order valence-electron chi connectivity index (χ3n) is 4.53. The van der Waals surface area contributed by atoms with Crippen LogP contribution >= 0.6 is 0 Å². The van der Waals surface area contributed by atoms with Crippen LogP contribution in [0.2, 0.25) is 0 Å². The van der Waals surface area contributed by atoms with E-state index < -0.39 is 5.60 Å². The Bertz CT molecular complexity index is 889. The van der Waals surface area contributed by atoms with Gasteiger partial charge in [-0.15, -0.1) is 0 Å². The molecule has 1 fully saturated rings. The number of likely N-dealkylation sites (tertiary alicyclic amines) is 1. The number of rotatable bonds is 3. The minimum atomic E-state index is -1.17. The highest BCUT2D eigenvalue weighted by Crippen LogP contribution is 2.32. The van der Waals surface area contributed by atoms with Crippen molar-refractivity contribution in [3.63, 3.8) is 0 Å². The summed E-state index contributed by atoms with van der Waals surface area (Å²) in [4.78, 5) is 14.7. The Morgan fingerprint density at radius 1 is 1.32 bits per heavy atom. The lowest BCUT2D eigenvalue weighted by atomic mass is 10.00. The SMILES string of the molecule is Cn1cc(C(=O)N2CCC(O)(c3cn[nH]n3)C2)c(-c2ccccc2)n1. The number of aromatic nitrogens is 5. The molecule has 1 saturated heterocycles. The fourth-order valence-electron chi connectivity index (χ4n) is 3.23. The molecule has 0 bridgehead atoms. The Balaban J connectivity index is 1.63. The van der Waals surface area contributed by atoms with Gasteiger partial charge in [0, 0.05) is 31.8 Å². The van der Waals surface area contributed by atoms with E-state index in [-0.39, 0.29) is 12.5 Å². The largest absolute Gasteiger partial charge is 0.381 e. The summed E-state index contributed by atoms with van der Waals surface area (Å²) in [6, 6.07) is 9.60. The molecule has 2 N–H and O–H groups in total. The minimum Gasteiger partial charge on any atom is -0.381 e. The average Bonchev–Trinajstić information content (AvgIpc) is 3.35. The molecule has 2 aromatic heterocycles. The molecule has 8 nitrogen and oxygen atoms in total. The van der Waals surface area contributed by atoms with Crippen molar-refractivity contribution in [1.29, 1.82) is 0 Å². The van der Waals surface area contributed by atoms with Crippen molar-refractivity contribution < 1.29 is 9.90 Å². The molecule has 1 atom stereocenters. The number of hydrogen-bond donors (Lipinski definition) is 2. The summed E-state index contributed by atoms with van der Waals surface area (Å²) in [5, 5.41) is 25.4. The van der Waals surface area contributed by atoms with Gasteiger partial charge in [0.05, 0.1) is 18.3 Å². The van der Waals surface area contributed by atoms with Crippen LogP contribution in [0.4, 0.5) is 0 Å². The lowest BCUT2D eigenvalue weighted by Gasteiger charge is -2.21. The van der Waals surface area contributed by atoms with Crippen molar-refractivity contribution >= 4 is 5.91 Å². The van der Waals surface area contributed by atoms with Gasteiger partial charge in [0.25, 0.3) is 5.91 Å². The van der Waals surface area contributed by atoms with Crippen molar-refractivity contribution in [3.05, 3.63) is 54.0 Å². The second-order valence-electron chi connectivity index (χ2n) is 6.29. The smallest absolute Gasteiger partial charge is 0.257 e. The standard InChI is InChI=1S/C17H18N6O2/c1-22-10-13(15(20-22)12-5-3-2-4-6-12)16(24)23-8-7-17(25,11-23)14-9-18-21-19-14/h2-6,9-10,25H,7-8,11H2,1H3,(H,18,19,21). The monoisotopic (exact) mass is 338 g/mol. The van der Waals surface area contributed by atoms with Gasteiger partial charge in [-0.05, 0) is 0 Å². The number of aromatic amines is 1. The molecule has 3 aromatic rings. The van der Waals surface area contributed by atoms with Crippen LogP contribution < -0.4 is 0 Å². The summed E-state index contributed by atoms with van der Waals surface area (Å²) >= 11 is 0. The van der Waals surface area contributed by atoms with E-state index in [1.54, 1.807) is 22.8 Å². The maximum absolute atomic E-state index is 13.0. The maximum Gasteiger partial charge on any atom is 0.257 e. The zero-order chi connectivity index (χ0) is 17.4. The van der Waals surface area contributed by atoms with Crippen LogP contribution in [0.15, 0.2) is 42.7 Å². The molecule has 0 radical (unpaired) electrons. The van der Waals surface area contributed by atoms with Gasteiger partial charge in [-0.3, -0.25) is 9.48 Å². The molecule has 128 valence electrons. The van der Waals surface area contributed by atoms with E-state index in [1.807, 2.05) is 30.3 Å². The summed E-state index contributed by atoms with van der Waals surface area (Å²) in [5.41, 5.74) is 1.34. The van der Waals surface area contributed by atoms with Gasteiger partial charge in [-0.25, -0.2) is 0 Å². The van der Waals surface area contributed by atoms with Crippen LogP contribution in [-0.2, 0) is 12.6 Å². The zero-order valence-electron chi connectivity index (χ0n) is 13.8. The predicted octanol–water partition coefficient (Wildman–Crippen LogP) is 0.939.